The highest BCUT2D eigenvalue weighted by atomic mass is 16.6. The molecule has 24 heavy (non-hydrogen) atoms. The third-order valence-electron chi connectivity index (χ3n) is 4.67. The van der Waals surface area contributed by atoms with Crippen LogP contribution in [0, 0.1) is 13.8 Å². The Hall–Kier alpha value is -2.38. The second-order valence-electron chi connectivity index (χ2n) is 6.73. The van der Waals surface area contributed by atoms with Gasteiger partial charge in [-0.1, -0.05) is 0 Å². The van der Waals surface area contributed by atoms with Crippen LogP contribution < -0.4 is 5.69 Å². The molecule has 0 saturated carbocycles. The van der Waals surface area contributed by atoms with Crippen LogP contribution in [0.2, 0.25) is 0 Å². The minimum Gasteiger partial charge on any atom is -0.439 e. The average Bonchev–Trinajstić information content (AvgIpc) is 2.76. The molecule has 0 N–H and O–H groups in total. The molecule has 130 valence electrons. The summed E-state index contributed by atoms with van der Waals surface area (Å²) in [6.07, 6.45) is 1.17. The minimum absolute atomic E-state index is 0.0438. The Morgan fingerprint density at radius 1 is 1.33 bits per heavy atom. The second-order valence-corrected chi connectivity index (χ2v) is 6.73. The number of aryl methyl sites for hydroxylation is 2. The van der Waals surface area contributed by atoms with E-state index >= 15 is 0 Å². The third-order valence-corrected chi connectivity index (χ3v) is 4.67. The van der Waals surface area contributed by atoms with Crippen molar-refractivity contribution in [3.63, 3.8) is 0 Å². The Morgan fingerprint density at radius 2 is 2.08 bits per heavy atom. The largest absolute Gasteiger partial charge is 0.439 e. The molecule has 2 fully saturated rings. The Kier molecular flexibility index (Phi) is 4.06. The number of hydrogen-bond acceptors (Lipinski definition) is 5. The van der Waals surface area contributed by atoms with Crippen molar-refractivity contribution in [2.45, 2.75) is 38.8 Å². The minimum atomic E-state index is -0.620. The average molecular weight is 334 g/mol. The lowest BCUT2D eigenvalue weighted by Gasteiger charge is -2.38. The van der Waals surface area contributed by atoms with Crippen molar-refractivity contribution >= 4 is 12.0 Å². The van der Waals surface area contributed by atoms with Gasteiger partial charge >= 0.3 is 11.8 Å². The first-order valence-electron chi connectivity index (χ1n) is 8.07. The fraction of sp³-hybridized carbons (Fsp3) is 0.625. The van der Waals surface area contributed by atoms with Crippen molar-refractivity contribution in [2.24, 2.45) is 0 Å². The number of amides is 2. The maximum atomic E-state index is 12.6. The van der Waals surface area contributed by atoms with Crippen LogP contribution in [-0.2, 0) is 16.1 Å². The van der Waals surface area contributed by atoms with Crippen LogP contribution in [0.3, 0.4) is 0 Å². The van der Waals surface area contributed by atoms with E-state index < -0.39 is 11.3 Å². The van der Waals surface area contributed by atoms with Crippen molar-refractivity contribution in [3.05, 3.63) is 27.9 Å². The number of likely N-dealkylation sites (N-methyl/N-ethyl adjacent to an activating group) is 1. The van der Waals surface area contributed by atoms with Crippen LogP contribution in [0.15, 0.2) is 10.9 Å². The SMILES string of the molecule is Cc1cc(C)n(CC(=O)N2CCCC3(CN(C)C(=O)O3)C2)c(=O)n1. The molecule has 1 atom stereocenters. The summed E-state index contributed by atoms with van der Waals surface area (Å²) in [6.45, 7) is 4.96. The number of carbonyl (C=O) groups is 2. The standard InChI is InChI=1S/C16H22N4O4/c1-11-7-12(2)20(14(22)17-11)8-13(21)19-6-4-5-16(10-19)9-18(3)15(23)24-16/h7H,4-6,8-10H2,1-3H3. The topological polar surface area (TPSA) is 84.7 Å². The van der Waals surface area contributed by atoms with Gasteiger partial charge in [0.05, 0.1) is 13.1 Å². The van der Waals surface area contributed by atoms with E-state index in [1.54, 1.807) is 31.9 Å². The van der Waals surface area contributed by atoms with Crippen molar-refractivity contribution in [3.8, 4) is 0 Å². The molecule has 3 heterocycles. The summed E-state index contributed by atoms with van der Waals surface area (Å²) in [5.41, 5.74) is 0.309. The molecule has 2 amide bonds. The molecule has 1 unspecified atom stereocenters. The van der Waals surface area contributed by atoms with E-state index in [1.165, 1.54) is 9.47 Å². The summed E-state index contributed by atoms with van der Waals surface area (Å²) in [5, 5.41) is 0. The predicted molar refractivity (Wildman–Crippen MR) is 85.6 cm³/mol. The molecule has 3 rings (SSSR count). The van der Waals surface area contributed by atoms with Crippen molar-refractivity contribution < 1.29 is 14.3 Å². The fourth-order valence-corrected chi connectivity index (χ4v) is 3.52. The molecule has 2 saturated heterocycles. The van der Waals surface area contributed by atoms with E-state index in [-0.39, 0.29) is 18.5 Å². The number of ether oxygens (including phenoxy) is 1. The van der Waals surface area contributed by atoms with E-state index in [1.807, 2.05) is 0 Å². The van der Waals surface area contributed by atoms with Gasteiger partial charge in [0.1, 0.15) is 12.1 Å². The normalized spacial score (nSPS) is 23.7. The van der Waals surface area contributed by atoms with Crippen molar-refractivity contribution in [1.82, 2.24) is 19.4 Å². The molecule has 8 heteroatoms. The van der Waals surface area contributed by atoms with E-state index in [2.05, 4.69) is 4.98 Å². The Bertz CT molecular complexity index is 744. The quantitative estimate of drug-likeness (QED) is 0.777. The van der Waals surface area contributed by atoms with Gasteiger partial charge in [0, 0.05) is 25.0 Å². The lowest BCUT2D eigenvalue weighted by molar-refractivity contribution is -0.137. The van der Waals surface area contributed by atoms with E-state index in [9.17, 15) is 14.4 Å². The smallest absolute Gasteiger partial charge is 0.410 e. The molecule has 1 aromatic rings. The Labute approximate surface area is 140 Å². The van der Waals surface area contributed by atoms with Gasteiger partial charge in [0.2, 0.25) is 5.91 Å². The van der Waals surface area contributed by atoms with Crippen LogP contribution in [0.5, 0.6) is 0 Å². The third kappa shape index (κ3) is 3.00. The maximum absolute atomic E-state index is 12.6. The first kappa shape index (κ1) is 16.5. The number of hydrogen-bond donors (Lipinski definition) is 0. The van der Waals surface area contributed by atoms with E-state index in [0.29, 0.717) is 31.0 Å². The summed E-state index contributed by atoms with van der Waals surface area (Å²) < 4.78 is 6.89. The number of carbonyl (C=O) groups excluding carboxylic acids is 2. The van der Waals surface area contributed by atoms with Gasteiger partial charge in [-0.25, -0.2) is 9.59 Å². The first-order chi connectivity index (χ1) is 11.3. The van der Waals surface area contributed by atoms with Gasteiger partial charge in [-0.3, -0.25) is 9.36 Å². The molecule has 2 aliphatic rings. The molecule has 0 radical (unpaired) electrons. The maximum Gasteiger partial charge on any atom is 0.410 e. The van der Waals surface area contributed by atoms with Crippen LogP contribution in [0.1, 0.15) is 24.2 Å². The summed E-state index contributed by atoms with van der Waals surface area (Å²) in [5.74, 6) is -0.157. The summed E-state index contributed by atoms with van der Waals surface area (Å²) >= 11 is 0. The molecular formula is C16H22N4O4. The number of aromatic nitrogens is 2. The van der Waals surface area contributed by atoms with Gasteiger partial charge in [-0.15, -0.1) is 0 Å². The summed E-state index contributed by atoms with van der Waals surface area (Å²) in [6, 6.07) is 1.78. The van der Waals surface area contributed by atoms with Crippen LogP contribution in [-0.4, -0.2) is 63.6 Å². The highest BCUT2D eigenvalue weighted by molar-refractivity contribution is 5.77. The molecule has 0 aliphatic carbocycles. The zero-order valence-electron chi connectivity index (χ0n) is 14.2. The number of piperidine rings is 1. The summed E-state index contributed by atoms with van der Waals surface area (Å²) in [4.78, 5) is 43.4. The Balaban J connectivity index is 1.74. The van der Waals surface area contributed by atoms with Gasteiger partial charge in [-0.2, -0.15) is 4.98 Å². The number of rotatable bonds is 2. The molecule has 8 nitrogen and oxygen atoms in total. The lowest BCUT2D eigenvalue weighted by Crippen LogP contribution is -2.53. The highest BCUT2D eigenvalue weighted by Gasteiger charge is 2.47. The van der Waals surface area contributed by atoms with Crippen LogP contribution in [0.4, 0.5) is 4.79 Å². The first-order valence-corrected chi connectivity index (χ1v) is 8.07. The van der Waals surface area contributed by atoms with Gasteiger partial charge in [-0.05, 0) is 32.8 Å². The molecule has 1 aromatic heterocycles. The molecule has 2 aliphatic heterocycles. The zero-order chi connectivity index (χ0) is 17.5. The van der Waals surface area contributed by atoms with Gasteiger partial charge < -0.3 is 14.5 Å². The molecule has 0 aromatic carbocycles. The van der Waals surface area contributed by atoms with Gasteiger partial charge in [0.25, 0.3) is 0 Å². The molecule has 0 bridgehead atoms. The monoisotopic (exact) mass is 334 g/mol. The molecular weight excluding hydrogens is 312 g/mol. The number of nitrogens with zero attached hydrogens (tertiary/aromatic N) is 4. The zero-order valence-corrected chi connectivity index (χ0v) is 14.2. The Morgan fingerprint density at radius 3 is 2.71 bits per heavy atom. The van der Waals surface area contributed by atoms with Crippen LogP contribution in [0.25, 0.3) is 0 Å². The van der Waals surface area contributed by atoms with Crippen molar-refractivity contribution in [2.75, 3.05) is 26.7 Å². The number of likely N-dealkylation sites (tertiary alicyclic amines) is 1. The molecule has 1 spiro atoms. The van der Waals surface area contributed by atoms with E-state index in [4.69, 9.17) is 4.74 Å². The predicted octanol–water partition coefficient (Wildman–Crippen LogP) is 0.303. The van der Waals surface area contributed by atoms with E-state index in [0.717, 1.165) is 12.8 Å². The second kappa shape index (κ2) is 5.92. The van der Waals surface area contributed by atoms with Gasteiger partial charge in [0.15, 0.2) is 0 Å². The van der Waals surface area contributed by atoms with Crippen molar-refractivity contribution in [1.29, 1.82) is 0 Å². The highest BCUT2D eigenvalue weighted by Crippen LogP contribution is 2.31. The van der Waals surface area contributed by atoms with Crippen LogP contribution >= 0.6 is 0 Å². The lowest BCUT2D eigenvalue weighted by atomic mass is 9.92. The summed E-state index contributed by atoms with van der Waals surface area (Å²) in [7, 11) is 1.69. The fourth-order valence-electron chi connectivity index (χ4n) is 3.52.